The van der Waals surface area contributed by atoms with Crippen molar-refractivity contribution in [1.82, 2.24) is 10.2 Å². The van der Waals surface area contributed by atoms with Gasteiger partial charge in [0.2, 0.25) is 10.1 Å². The lowest BCUT2D eigenvalue weighted by molar-refractivity contribution is -0.138. The lowest BCUT2D eigenvalue weighted by atomic mass is 10.1. The van der Waals surface area contributed by atoms with Crippen molar-refractivity contribution >= 4 is 16.5 Å². The predicted octanol–water partition coefficient (Wildman–Crippen LogP) is 2.54. The maximum Gasteiger partial charge on any atom is 0.445 e. The van der Waals surface area contributed by atoms with Gasteiger partial charge in [0.25, 0.3) is 0 Å². The number of benzene rings is 1. The molecule has 20 heavy (non-hydrogen) atoms. The van der Waals surface area contributed by atoms with Crippen molar-refractivity contribution in [3.05, 3.63) is 40.9 Å². The van der Waals surface area contributed by atoms with Crippen LogP contribution in [0.25, 0.3) is 0 Å². The number of nitrogens with zero attached hydrogens (tertiary/aromatic N) is 2. The zero-order chi connectivity index (χ0) is 14.6. The number of halogens is 3. The summed E-state index contributed by atoms with van der Waals surface area (Å²) in [4.78, 5) is 0. The molecule has 1 unspecified atom stereocenters. The van der Waals surface area contributed by atoms with Crippen molar-refractivity contribution in [1.29, 1.82) is 0 Å². The van der Waals surface area contributed by atoms with Crippen LogP contribution in [0, 0.1) is 0 Å². The van der Waals surface area contributed by atoms with Crippen molar-refractivity contribution in [2.75, 3.05) is 11.9 Å². The largest absolute Gasteiger partial charge is 0.445 e. The minimum Gasteiger partial charge on any atom is -0.356 e. The zero-order valence-electron chi connectivity index (χ0n) is 10.4. The molecular formula is C12H13F3N4S. The molecule has 0 spiro atoms. The van der Waals surface area contributed by atoms with Crippen LogP contribution < -0.4 is 11.1 Å². The van der Waals surface area contributed by atoms with Gasteiger partial charge < -0.3 is 11.1 Å². The van der Waals surface area contributed by atoms with Crippen molar-refractivity contribution in [2.45, 2.75) is 18.6 Å². The summed E-state index contributed by atoms with van der Waals surface area (Å²) in [5.41, 5.74) is 6.68. The number of hydrogen-bond donors (Lipinski definition) is 2. The lowest BCUT2D eigenvalue weighted by Gasteiger charge is -2.15. The second kappa shape index (κ2) is 6.19. The van der Waals surface area contributed by atoms with E-state index in [1.807, 2.05) is 30.3 Å². The van der Waals surface area contributed by atoms with E-state index >= 15 is 0 Å². The van der Waals surface area contributed by atoms with Gasteiger partial charge in [0.05, 0.1) is 0 Å². The fourth-order valence-corrected chi connectivity index (χ4v) is 2.35. The molecule has 1 heterocycles. The van der Waals surface area contributed by atoms with Crippen molar-refractivity contribution in [2.24, 2.45) is 5.73 Å². The molecule has 0 fully saturated rings. The van der Waals surface area contributed by atoms with Crippen LogP contribution in [-0.4, -0.2) is 22.8 Å². The van der Waals surface area contributed by atoms with E-state index < -0.39 is 11.2 Å². The van der Waals surface area contributed by atoms with E-state index in [0.717, 1.165) is 5.56 Å². The molecular weight excluding hydrogens is 289 g/mol. The Hall–Kier alpha value is -1.67. The minimum absolute atomic E-state index is 0.128. The zero-order valence-corrected chi connectivity index (χ0v) is 11.2. The number of rotatable bonds is 5. The Labute approximate surface area is 117 Å². The number of alkyl halides is 3. The molecule has 0 aliphatic carbocycles. The van der Waals surface area contributed by atoms with Gasteiger partial charge in [-0.05, 0) is 12.0 Å². The van der Waals surface area contributed by atoms with Crippen LogP contribution in [0.3, 0.4) is 0 Å². The molecule has 0 amide bonds. The first-order chi connectivity index (χ1) is 9.49. The minimum atomic E-state index is -4.46. The Morgan fingerprint density at radius 3 is 2.45 bits per heavy atom. The summed E-state index contributed by atoms with van der Waals surface area (Å²) >= 11 is 0.480. The number of nitrogens with two attached hydrogens (primary N) is 1. The van der Waals surface area contributed by atoms with Gasteiger partial charge in [-0.1, -0.05) is 41.7 Å². The highest BCUT2D eigenvalue weighted by molar-refractivity contribution is 7.15. The first kappa shape index (κ1) is 14.7. The average Bonchev–Trinajstić information content (AvgIpc) is 2.87. The second-order valence-corrected chi connectivity index (χ2v) is 5.15. The first-order valence-corrected chi connectivity index (χ1v) is 6.72. The normalized spacial score (nSPS) is 13.2. The van der Waals surface area contributed by atoms with Gasteiger partial charge in [-0.25, -0.2) is 0 Å². The summed E-state index contributed by atoms with van der Waals surface area (Å²) in [6, 6.07) is 9.38. The molecule has 0 aliphatic rings. The molecule has 0 bridgehead atoms. The van der Waals surface area contributed by atoms with E-state index in [1.54, 1.807) is 0 Å². The summed E-state index contributed by atoms with van der Waals surface area (Å²) in [5, 5.41) is 8.67. The molecule has 2 aromatic rings. The monoisotopic (exact) mass is 302 g/mol. The Balaban J connectivity index is 2.01. The van der Waals surface area contributed by atoms with Gasteiger partial charge in [0.15, 0.2) is 0 Å². The van der Waals surface area contributed by atoms with Crippen molar-refractivity contribution < 1.29 is 13.2 Å². The van der Waals surface area contributed by atoms with E-state index in [9.17, 15) is 13.2 Å². The molecule has 0 saturated heterocycles. The third kappa shape index (κ3) is 3.91. The van der Waals surface area contributed by atoms with E-state index in [-0.39, 0.29) is 17.7 Å². The fourth-order valence-electron chi connectivity index (χ4n) is 1.66. The highest BCUT2D eigenvalue weighted by Crippen LogP contribution is 2.33. The SMILES string of the molecule is NCC(Cc1ccccc1)Nc1nnc(C(F)(F)F)s1. The maximum absolute atomic E-state index is 12.4. The molecule has 108 valence electrons. The second-order valence-electron chi connectivity index (χ2n) is 4.18. The Morgan fingerprint density at radius 1 is 1.20 bits per heavy atom. The van der Waals surface area contributed by atoms with Crippen LogP contribution >= 0.6 is 11.3 Å². The third-order valence-electron chi connectivity index (χ3n) is 2.60. The number of nitrogens with one attached hydrogen (secondary N) is 1. The van der Waals surface area contributed by atoms with E-state index in [4.69, 9.17) is 5.73 Å². The lowest BCUT2D eigenvalue weighted by Crippen LogP contribution is -2.30. The molecule has 1 atom stereocenters. The van der Waals surface area contributed by atoms with Crippen molar-refractivity contribution in [3.8, 4) is 0 Å². The van der Waals surface area contributed by atoms with Gasteiger partial charge in [0.1, 0.15) is 0 Å². The number of aromatic nitrogens is 2. The molecule has 3 N–H and O–H groups in total. The van der Waals surface area contributed by atoms with Crippen LogP contribution in [-0.2, 0) is 12.6 Å². The van der Waals surface area contributed by atoms with Gasteiger partial charge in [-0.15, -0.1) is 10.2 Å². The van der Waals surface area contributed by atoms with Gasteiger partial charge in [-0.2, -0.15) is 13.2 Å². The maximum atomic E-state index is 12.4. The van der Waals surface area contributed by atoms with Crippen LogP contribution in [0.1, 0.15) is 10.6 Å². The molecule has 0 saturated carbocycles. The Morgan fingerprint density at radius 2 is 1.90 bits per heavy atom. The quantitative estimate of drug-likeness (QED) is 0.891. The van der Waals surface area contributed by atoms with Crippen LogP contribution in [0.5, 0.6) is 0 Å². The van der Waals surface area contributed by atoms with E-state index in [1.165, 1.54) is 0 Å². The smallest absolute Gasteiger partial charge is 0.356 e. The highest BCUT2D eigenvalue weighted by atomic mass is 32.1. The van der Waals surface area contributed by atoms with E-state index in [0.29, 0.717) is 17.8 Å². The van der Waals surface area contributed by atoms with Crippen molar-refractivity contribution in [3.63, 3.8) is 0 Å². The molecule has 1 aromatic carbocycles. The molecule has 1 aromatic heterocycles. The molecule has 8 heteroatoms. The highest BCUT2D eigenvalue weighted by Gasteiger charge is 2.35. The molecule has 2 rings (SSSR count). The molecule has 0 radical (unpaired) electrons. The van der Waals surface area contributed by atoms with Crippen LogP contribution in [0.2, 0.25) is 0 Å². The Bertz CT molecular complexity index is 541. The number of hydrogen-bond acceptors (Lipinski definition) is 5. The third-order valence-corrected chi connectivity index (χ3v) is 3.50. The number of anilines is 1. The average molecular weight is 302 g/mol. The summed E-state index contributed by atoms with van der Waals surface area (Å²) in [6.45, 7) is 0.288. The predicted molar refractivity (Wildman–Crippen MR) is 71.5 cm³/mol. The van der Waals surface area contributed by atoms with Gasteiger partial charge in [-0.3, -0.25) is 0 Å². The summed E-state index contributed by atoms with van der Waals surface area (Å²) in [5.74, 6) is 0. The van der Waals surface area contributed by atoms with Gasteiger partial charge >= 0.3 is 6.18 Å². The fraction of sp³-hybridized carbons (Fsp3) is 0.333. The van der Waals surface area contributed by atoms with E-state index in [2.05, 4.69) is 15.5 Å². The summed E-state index contributed by atoms with van der Waals surface area (Å²) < 4.78 is 37.3. The summed E-state index contributed by atoms with van der Waals surface area (Å²) in [7, 11) is 0. The van der Waals surface area contributed by atoms with Crippen LogP contribution in [0.15, 0.2) is 30.3 Å². The topological polar surface area (TPSA) is 63.8 Å². The standard InChI is InChI=1S/C12H13F3N4S/c13-12(14,15)10-18-19-11(20-10)17-9(7-16)6-8-4-2-1-3-5-8/h1-5,9H,6-7,16H2,(H,17,19). The van der Waals surface area contributed by atoms with Crippen LogP contribution in [0.4, 0.5) is 18.3 Å². The first-order valence-electron chi connectivity index (χ1n) is 5.90. The van der Waals surface area contributed by atoms with Gasteiger partial charge in [0, 0.05) is 12.6 Å². The summed E-state index contributed by atoms with van der Waals surface area (Å²) in [6.07, 6.45) is -3.85. The molecule has 4 nitrogen and oxygen atoms in total. The Kier molecular flexibility index (Phi) is 4.56. The molecule has 0 aliphatic heterocycles.